The van der Waals surface area contributed by atoms with Crippen LogP contribution in [0.3, 0.4) is 0 Å². The summed E-state index contributed by atoms with van der Waals surface area (Å²) in [6.45, 7) is 2.05. The molecule has 21 heavy (non-hydrogen) atoms. The van der Waals surface area contributed by atoms with E-state index in [1.807, 2.05) is 0 Å². The van der Waals surface area contributed by atoms with E-state index in [4.69, 9.17) is 0 Å². The summed E-state index contributed by atoms with van der Waals surface area (Å²) in [7, 11) is 0. The molecule has 0 aliphatic heterocycles. The fourth-order valence-electron chi connectivity index (χ4n) is 5.51. The van der Waals surface area contributed by atoms with Gasteiger partial charge in [-0.3, -0.25) is 9.59 Å². The highest BCUT2D eigenvalue weighted by Crippen LogP contribution is 2.58. The van der Waals surface area contributed by atoms with Gasteiger partial charge in [-0.25, -0.2) is 0 Å². The molecule has 4 aliphatic rings. The van der Waals surface area contributed by atoms with Gasteiger partial charge in [-0.15, -0.1) is 0 Å². The first-order chi connectivity index (χ1) is 10.0. The molecule has 0 spiro atoms. The predicted octanol–water partition coefficient (Wildman–Crippen LogP) is 2.44. The Kier molecular flexibility index (Phi) is 2.81. The monoisotopic (exact) mass is 286 g/mol. The van der Waals surface area contributed by atoms with Crippen molar-refractivity contribution in [3.63, 3.8) is 0 Å². The molecule has 0 aromatic heterocycles. The van der Waals surface area contributed by atoms with Crippen molar-refractivity contribution in [2.45, 2.75) is 45.1 Å². The number of allylic oxidation sites excluding steroid dienone is 4. The molecular weight excluding hydrogens is 264 g/mol. The highest BCUT2D eigenvalue weighted by Gasteiger charge is 2.58. The summed E-state index contributed by atoms with van der Waals surface area (Å²) in [5.74, 6) is 1.69. The number of Topliss-reactive ketones (excluding diaryl/α,β-unsaturated/α-hetero) is 1. The molecule has 0 saturated heterocycles. The van der Waals surface area contributed by atoms with E-state index in [2.05, 4.69) is 19.1 Å². The van der Waals surface area contributed by atoms with Gasteiger partial charge in [-0.1, -0.05) is 19.1 Å². The van der Waals surface area contributed by atoms with E-state index >= 15 is 0 Å². The summed E-state index contributed by atoms with van der Waals surface area (Å²) < 4.78 is 0. The molecule has 0 bridgehead atoms. The Morgan fingerprint density at radius 1 is 1.24 bits per heavy atom. The van der Waals surface area contributed by atoms with Gasteiger partial charge in [-0.05, 0) is 54.6 Å². The largest absolute Gasteiger partial charge is 0.393 e. The standard InChI is InChI=1S/C18H22O3/c1-18-9-15(20)17-12-5-3-11(19)8-10(12)2-4-13(17)14(18)6-7-16(18)21/h2,4,8,12-15,17,20H,3,5-7,9H2,1H3/t12?,13?,14?,15?,17?,18-/m0/s1. The number of aliphatic hydroxyl groups excluding tert-OH is 1. The van der Waals surface area contributed by atoms with Crippen LogP contribution in [0.4, 0.5) is 0 Å². The van der Waals surface area contributed by atoms with Crippen molar-refractivity contribution in [3.05, 3.63) is 23.8 Å². The summed E-state index contributed by atoms with van der Waals surface area (Å²) >= 11 is 0. The molecule has 5 unspecified atom stereocenters. The van der Waals surface area contributed by atoms with E-state index in [1.54, 1.807) is 6.08 Å². The number of carbonyl (C=O) groups is 2. The molecule has 0 radical (unpaired) electrons. The number of hydrogen-bond acceptors (Lipinski definition) is 3. The molecule has 112 valence electrons. The van der Waals surface area contributed by atoms with Gasteiger partial charge < -0.3 is 5.11 Å². The van der Waals surface area contributed by atoms with E-state index < -0.39 is 6.10 Å². The second-order valence-electron chi connectivity index (χ2n) is 7.53. The van der Waals surface area contributed by atoms with Gasteiger partial charge in [0.05, 0.1) is 6.10 Å². The zero-order chi connectivity index (χ0) is 14.8. The fourth-order valence-corrected chi connectivity index (χ4v) is 5.51. The molecule has 0 heterocycles. The van der Waals surface area contributed by atoms with Crippen molar-refractivity contribution in [2.24, 2.45) is 29.1 Å². The predicted molar refractivity (Wildman–Crippen MR) is 78.4 cm³/mol. The van der Waals surface area contributed by atoms with Crippen LogP contribution in [0.2, 0.25) is 0 Å². The zero-order valence-corrected chi connectivity index (χ0v) is 12.4. The molecule has 2 fully saturated rings. The maximum atomic E-state index is 12.3. The van der Waals surface area contributed by atoms with Gasteiger partial charge in [0.15, 0.2) is 5.78 Å². The smallest absolute Gasteiger partial charge is 0.155 e. The van der Waals surface area contributed by atoms with Crippen LogP contribution in [0.5, 0.6) is 0 Å². The topological polar surface area (TPSA) is 54.4 Å². The zero-order valence-electron chi connectivity index (χ0n) is 12.4. The number of rotatable bonds is 0. The number of hydrogen-bond donors (Lipinski definition) is 1. The lowest BCUT2D eigenvalue weighted by Gasteiger charge is -2.51. The SMILES string of the molecule is C[C@]12CC(O)C3C4CCC(=O)C=C4C=CC3C1CCC2=O. The van der Waals surface area contributed by atoms with Crippen LogP contribution in [-0.4, -0.2) is 22.8 Å². The third-order valence-corrected chi connectivity index (χ3v) is 6.56. The first-order valence-electron chi connectivity index (χ1n) is 8.15. The number of ketones is 2. The summed E-state index contributed by atoms with van der Waals surface area (Å²) in [6.07, 6.45) is 9.27. The highest BCUT2D eigenvalue weighted by molar-refractivity contribution is 5.92. The first kappa shape index (κ1) is 13.4. The molecule has 3 heteroatoms. The van der Waals surface area contributed by atoms with Crippen molar-refractivity contribution in [1.29, 1.82) is 0 Å². The average Bonchev–Trinajstić information content (AvgIpc) is 2.74. The molecule has 4 rings (SSSR count). The Balaban J connectivity index is 1.76. The summed E-state index contributed by atoms with van der Waals surface area (Å²) in [6, 6.07) is 0. The lowest BCUT2D eigenvalue weighted by molar-refractivity contribution is -0.136. The maximum absolute atomic E-state index is 12.3. The van der Waals surface area contributed by atoms with Gasteiger partial charge in [-0.2, -0.15) is 0 Å². The van der Waals surface area contributed by atoms with Crippen molar-refractivity contribution in [1.82, 2.24) is 0 Å². The quantitative estimate of drug-likeness (QED) is 0.744. The highest BCUT2D eigenvalue weighted by atomic mass is 16.3. The third kappa shape index (κ3) is 1.76. The lowest BCUT2D eigenvalue weighted by atomic mass is 9.53. The lowest BCUT2D eigenvalue weighted by Crippen LogP contribution is -2.51. The van der Waals surface area contributed by atoms with Crippen molar-refractivity contribution < 1.29 is 14.7 Å². The Morgan fingerprint density at radius 3 is 2.86 bits per heavy atom. The number of fused-ring (bicyclic) bond motifs is 5. The number of carbonyl (C=O) groups excluding carboxylic acids is 2. The maximum Gasteiger partial charge on any atom is 0.155 e. The van der Waals surface area contributed by atoms with Crippen molar-refractivity contribution in [3.8, 4) is 0 Å². The van der Waals surface area contributed by atoms with E-state index in [0.717, 1.165) is 18.4 Å². The minimum atomic E-state index is -0.426. The molecule has 2 saturated carbocycles. The first-order valence-corrected chi connectivity index (χ1v) is 8.15. The van der Waals surface area contributed by atoms with Gasteiger partial charge in [0.1, 0.15) is 5.78 Å². The summed E-state index contributed by atoms with van der Waals surface area (Å²) in [5, 5.41) is 10.7. The second kappa shape index (κ2) is 4.39. The second-order valence-corrected chi connectivity index (χ2v) is 7.53. The molecule has 0 amide bonds. The van der Waals surface area contributed by atoms with Crippen LogP contribution in [-0.2, 0) is 9.59 Å². The molecule has 1 N–H and O–H groups in total. The molecular formula is C18H22O3. The molecule has 3 nitrogen and oxygen atoms in total. The van der Waals surface area contributed by atoms with Crippen molar-refractivity contribution in [2.75, 3.05) is 0 Å². The van der Waals surface area contributed by atoms with Crippen LogP contribution < -0.4 is 0 Å². The fraction of sp³-hybridized carbons (Fsp3) is 0.667. The van der Waals surface area contributed by atoms with E-state index in [9.17, 15) is 14.7 Å². The van der Waals surface area contributed by atoms with Crippen LogP contribution in [0.25, 0.3) is 0 Å². The normalized spacial score (nSPS) is 48.5. The molecule has 6 atom stereocenters. The Labute approximate surface area is 125 Å². The van der Waals surface area contributed by atoms with Crippen molar-refractivity contribution >= 4 is 11.6 Å². The minimum absolute atomic E-state index is 0.193. The number of aliphatic hydroxyl groups is 1. The van der Waals surface area contributed by atoms with Crippen LogP contribution in [0.15, 0.2) is 23.8 Å². The summed E-state index contributed by atoms with van der Waals surface area (Å²) in [5.41, 5.74) is 0.760. The average molecular weight is 286 g/mol. The Morgan fingerprint density at radius 2 is 2.05 bits per heavy atom. The van der Waals surface area contributed by atoms with Crippen LogP contribution >= 0.6 is 0 Å². The van der Waals surface area contributed by atoms with E-state index in [0.29, 0.717) is 42.8 Å². The van der Waals surface area contributed by atoms with Gasteiger partial charge >= 0.3 is 0 Å². The van der Waals surface area contributed by atoms with Crippen LogP contribution in [0, 0.1) is 29.1 Å². The summed E-state index contributed by atoms with van der Waals surface area (Å²) in [4.78, 5) is 23.9. The van der Waals surface area contributed by atoms with E-state index in [1.165, 1.54) is 0 Å². The van der Waals surface area contributed by atoms with Gasteiger partial charge in [0, 0.05) is 18.3 Å². The Hall–Kier alpha value is -1.22. The van der Waals surface area contributed by atoms with Crippen LogP contribution in [0.1, 0.15) is 39.0 Å². The van der Waals surface area contributed by atoms with Gasteiger partial charge in [0.25, 0.3) is 0 Å². The van der Waals surface area contributed by atoms with Gasteiger partial charge in [0.2, 0.25) is 0 Å². The van der Waals surface area contributed by atoms with E-state index in [-0.39, 0.29) is 17.1 Å². The molecule has 0 aromatic carbocycles. The molecule has 4 aliphatic carbocycles. The molecule has 0 aromatic rings. The Bertz CT molecular complexity index is 573. The minimum Gasteiger partial charge on any atom is -0.393 e. The third-order valence-electron chi connectivity index (χ3n) is 6.56.